The third kappa shape index (κ3) is 3.57. The molecule has 0 aliphatic carbocycles. The fourth-order valence-electron chi connectivity index (χ4n) is 1.21. The number of hydrogen-bond donors (Lipinski definition) is 0. The summed E-state index contributed by atoms with van der Waals surface area (Å²) in [5.41, 5.74) is 1.47. The fraction of sp³-hybridized carbons (Fsp3) is 0.167. The molecule has 4 nitrogen and oxygen atoms in total. The van der Waals surface area contributed by atoms with Crippen molar-refractivity contribution >= 4 is 18.0 Å². The van der Waals surface area contributed by atoms with Crippen molar-refractivity contribution in [3.63, 3.8) is 0 Å². The van der Waals surface area contributed by atoms with E-state index in [9.17, 15) is 14.7 Å². The predicted octanol–water partition coefficient (Wildman–Crippen LogP) is 0.683. The molecule has 0 saturated heterocycles. The van der Waals surface area contributed by atoms with E-state index in [1.54, 1.807) is 25.1 Å². The summed E-state index contributed by atoms with van der Waals surface area (Å²) in [5.74, 6) is -1.17. The molecule has 0 heterocycles. The standard InChI is InChI=1S/C12H12O4/c1-8-7-10(4-6-12(14)15)3-5-11(8)16-9(2)13/h3-7H,1-2H3,(H,14,15)/p-1/b6-4+. The lowest BCUT2D eigenvalue weighted by Crippen LogP contribution is -2.18. The second-order valence-electron chi connectivity index (χ2n) is 3.27. The highest BCUT2D eigenvalue weighted by Crippen LogP contribution is 2.19. The largest absolute Gasteiger partial charge is 0.545 e. The number of hydrogen-bond acceptors (Lipinski definition) is 4. The molecule has 0 bridgehead atoms. The fourth-order valence-corrected chi connectivity index (χ4v) is 1.21. The average Bonchev–Trinajstić information content (AvgIpc) is 2.18. The summed E-state index contributed by atoms with van der Waals surface area (Å²) < 4.78 is 4.93. The van der Waals surface area contributed by atoms with E-state index in [2.05, 4.69) is 0 Å². The Labute approximate surface area is 93.2 Å². The molecule has 0 amide bonds. The van der Waals surface area contributed by atoms with Crippen molar-refractivity contribution in [2.45, 2.75) is 13.8 Å². The molecule has 0 atom stereocenters. The van der Waals surface area contributed by atoms with Crippen LogP contribution in [0.2, 0.25) is 0 Å². The van der Waals surface area contributed by atoms with Crippen LogP contribution in [-0.2, 0) is 9.59 Å². The lowest BCUT2D eigenvalue weighted by molar-refractivity contribution is -0.297. The molecule has 0 fully saturated rings. The van der Waals surface area contributed by atoms with Gasteiger partial charge in [0.05, 0.1) is 5.97 Å². The Bertz CT molecular complexity index is 446. The molecular formula is C12H11O4-. The maximum absolute atomic E-state index is 10.7. The van der Waals surface area contributed by atoms with Crippen molar-refractivity contribution in [3.05, 3.63) is 35.4 Å². The molecule has 0 spiro atoms. The van der Waals surface area contributed by atoms with Gasteiger partial charge in [0, 0.05) is 6.92 Å². The van der Waals surface area contributed by atoms with Crippen molar-refractivity contribution in [1.82, 2.24) is 0 Å². The highest BCUT2D eigenvalue weighted by molar-refractivity contribution is 5.83. The number of aryl methyl sites for hydroxylation is 1. The third-order valence-electron chi connectivity index (χ3n) is 1.86. The first-order chi connectivity index (χ1) is 7.49. The van der Waals surface area contributed by atoms with Crippen LogP contribution in [0.3, 0.4) is 0 Å². The van der Waals surface area contributed by atoms with Gasteiger partial charge < -0.3 is 14.6 Å². The number of rotatable bonds is 3. The van der Waals surface area contributed by atoms with E-state index in [1.165, 1.54) is 13.0 Å². The quantitative estimate of drug-likeness (QED) is 0.426. The second kappa shape index (κ2) is 5.11. The zero-order valence-electron chi connectivity index (χ0n) is 9.02. The van der Waals surface area contributed by atoms with Crippen molar-refractivity contribution in [1.29, 1.82) is 0 Å². The molecule has 16 heavy (non-hydrogen) atoms. The van der Waals surface area contributed by atoms with E-state index in [1.807, 2.05) is 0 Å². The van der Waals surface area contributed by atoms with Gasteiger partial charge in [-0.05, 0) is 36.3 Å². The summed E-state index contributed by atoms with van der Waals surface area (Å²) in [4.78, 5) is 20.9. The molecule has 0 aromatic heterocycles. The van der Waals surface area contributed by atoms with Crippen LogP contribution in [0.4, 0.5) is 0 Å². The molecule has 0 saturated carbocycles. The molecule has 0 unspecified atom stereocenters. The van der Waals surface area contributed by atoms with Crippen LogP contribution in [-0.4, -0.2) is 11.9 Å². The van der Waals surface area contributed by atoms with E-state index >= 15 is 0 Å². The van der Waals surface area contributed by atoms with Gasteiger partial charge in [-0.3, -0.25) is 4.79 Å². The molecular weight excluding hydrogens is 208 g/mol. The third-order valence-corrected chi connectivity index (χ3v) is 1.86. The smallest absolute Gasteiger partial charge is 0.308 e. The lowest BCUT2D eigenvalue weighted by Gasteiger charge is -2.05. The van der Waals surface area contributed by atoms with Gasteiger partial charge in [-0.1, -0.05) is 12.1 Å². The normalized spacial score (nSPS) is 10.4. The highest BCUT2D eigenvalue weighted by Gasteiger charge is 2.02. The van der Waals surface area contributed by atoms with Crippen LogP contribution >= 0.6 is 0 Å². The Morgan fingerprint density at radius 3 is 2.56 bits per heavy atom. The van der Waals surface area contributed by atoms with Crippen molar-refractivity contribution in [3.8, 4) is 5.75 Å². The van der Waals surface area contributed by atoms with E-state index < -0.39 is 5.97 Å². The first kappa shape index (κ1) is 12.0. The minimum absolute atomic E-state index is 0.388. The van der Waals surface area contributed by atoms with E-state index in [0.717, 1.165) is 11.6 Å². The zero-order valence-corrected chi connectivity index (χ0v) is 9.02. The van der Waals surface area contributed by atoms with Crippen LogP contribution in [0.25, 0.3) is 6.08 Å². The van der Waals surface area contributed by atoms with Crippen molar-refractivity contribution in [2.75, 3.05) is 0 Å². The number of carbonyl (C=O) groups is 2. The van der Waals surface area contributed by atoms with E-state index in [0.29, 0.717) is 11.3 Å². The summed E-state index contributed by atoms with van der Waals surface area (Å²) in [5, 5.41) is 10.2. The van der Waals surface area contributed by atoms with Crippen LogP contribution in [0, 0.1) is 6.92 Å². The molecule has 0 aliphatic heterocycles. The van der Waals surface area contributed by atoms with Crippen LogP contribution < -0.4 is 9.84 Å². The Hall–Kier alpha value is -2.10. The minimum Gasteiger partial charge on any atom is -0.545 e. The molecule has 1 rings (SSSR count). The molecule has 1 aromatic rings. The molecule has 84 valence electrons. The molecule has 1 aromatic carbocycles. The summed E-state index contributed by atoms with van der Waals surface area (Å²) in [6, 6.07) is 4.99. The SMILES string of the molecule is CC(=O)Oc1ccc(/C=C/C(=O)[O-])cc1C. The number of benzene rings is 1. The number of ether oxygens (including phenoxy) is 1. The number of carbonyl (C=O) groups excluding carboxylic acids is 2. The van der Waals surface area contributed by atoms with Crippen LogP contribution in [0.5, 0.6) is 5.75 Å². The van der Waals surface area contributed by atoms with Crippen LogP contribution in [0.15, 0.2) is 24.3 Å². The van der Waals surface area contributed by atoms with Crippen molar-refractivity contribution < 1.29 is 19.4 Å². The summed E-state index contributed by atoms with van der Waals surface area (Å²) >= 11 is 0. The number of carboxylic acids is 1. The lowest BCUT2D eigenvalue weighted by atomic mass is 10.1. The minimum atomic E-state index is -1.25. The van der Waals surface area contributed by atoms with Gasteiger partial charge in [0.15, 0.2) is 0 Å². The van der Waals surface area contributed by atoms with Gasteiger partial charge >= 0.3 is 5.97 Å². The molecule has 0 radical (unpaired) electrons. The first-order valence-electron chi connectivity index (χ1n) is 4.67. The Morgan fingerprint density at radius 2 is 2.06 bits per heavy atom. The summed E-state index contributed by atoms with van der Waals surface area (Å²) in [7, 11) is 0. The van der Waals surface area contributed by atoms with Crippen molar-refractivity contribution in [2.24, 2.45) is 0 Å². The van der Waals surface area contributed by atoms with Crippen LogP contribution in [0.1, 0.15) is 18.1 Å². The van der Waals surface area contributed by atoms with Gasteiger partial charge in [-0.25, -0.2) is 0 Å². The Morgan fingerprint density at radius 1 is 1.38 bits per heavy atom. The summed E-state index contributed by atoms with van der Waals surface area (Å²) in [6.07, 6.45) is 2.36. The Kier molecular flexibility index (Phi) is 3.83. The van der Waals surface area contributed by atoms with Gasteiger partial charge in [0.1, 0.15) is 5.75 Å². The number of esters is 1. The molecule has 0 N–H and O–H groups in total. The van der Waals surface area contributed by atoms with E-state index in [-0.39, 0.29) is 5.97 Å². The highest BCUT2D eigenvalue weighted by atomic mass is 16.5. The maximum atomic E-state index is 10.7. The molecule has 4 heteroatoms. The number of carboxylic acid groups (broad SMARTS) is 1. The first-order valence-corrected chi connectivity index (χ1v) is 4.67. The van der Waals surface area contributed by atoms with Gasteiger partial charge in [-0.15, -0.1) is 0 Å². The monoisotopic (exact) mass is 219 g/mol. The summed E-state index contributed by atoms with van der Waals surface area (Å²) in [6.45, 7) is 3.10. The second-order valence-corrected chi connectivity index (χ2v) is 3.27. The number of aliphatic carboxylic acids is 1. The topological polar surface area (TPSA) is 66.4 Å². The predicted molar refractivity (Wildman–Crippen MR) is 56.5 cm³/mol. The van der Waals surface area contributed by atoms with E-state index in [4.69, 9.17) is 4.74 Å². The average molecular weight is 219 g/mol. The van der Waals surface area contributed by atoms with Gasteiger partial charge in [-0.2, -0.15) is 0 Å². The Balaban J connectivity index is 2.90. The zero-order chi connectivity index (χ0) is 12.1. The van der Waals surface area contributed by atoms with Gasteiger partial charge in [0.25, 0.3) is 0 Å². The molecule has 0 aliphatic rings. The maximum Gasteiger partial charge on any atom is 0.308 e. The van der Waals surface area contributed by atoms with Gasteiger partial charge in [0.2, 0.25) is 0 Å².